The Bertz CT molecular complexity index is 1040. The lowest BCUT2D eigenvalue weighted by Crippen LogP contribution is -2.67. The zero-order chi connectivity index (χ0) is 23.4. The number of methoxy groups -OCH3 is 1. The molecule has 0 radical (unpaired) electrons. The quantitative estimate of drug-likeness (QED) is 0.524. The third-order valence-electron chi connectivity index (χ3n) is 6.27. The molecule has 7 nitrogen and oxygen atoms in total. The summed E-state index contributed by atoms with van der Waals surface area (Å²) in [6.07, 6.45) is -6.30. The first-order valence-electron chi connectivity index (χ1n) is 9.93. The Labute approximate surface area is 187 Å². The van der Waals surface area contributed by atoms with E-state index in [1.807, 2.05) is 0 Å². The van der Waals surface area contributed by atoms with Gasteiger partial charge in [-0.3, -0.25) is 0 Å². The number of rotatable bonds is 5. The van der Waals surface area contributed by atoms with E-state index in [2.05, 4.69) is 0 Å². The van der Waals surface area contributed by atoms with Crippen LogP contribution in [-0.2, 0) is 21.7 Å². The molecular weight excluding hydrogens is 450 g/mol. The summed E-state index contributed by atoms with van der Waals surface area (Å²) in [6, 6.07) is 7.11. The molecule has 2 fully saturated rings. The zero-order valence-corrected chi connectivity index (χ0v) is 18.0. The van der Waals surface area contributed by atoms with E-state index >= 15 is 0 Å². The van der Waals surface area contributed by atoms with E-state index in [0.29, 0.717) is 5.56 Å². The summed E-state index contributed by atoms with van der Waals surface area (Å²) in [7, 11) is 1.23. The minimum Gasteiger partial charge on any atom is -0.494 e. The Morgan fingerprint density at radius 1 is 1.12 bits per heavy atom. The molecule has 0 spiro atoms. The van der Waals surface area contributed by atoms with Crippen LogP contribution >= 0.6 is 11.6 Å². The fourth-order valence-electron chi connectivity index (χ4n) is 4.30. The van der Waals surface area contributed by atoms with Gasteiger partial charge in [-0.05, 0) is 36.2 Å². The van der Waals surface area contributed by atoms with Gasteiger partial charge in [-0.2, -0.15) is 4.39 Å². The Hall–Kier alpha value is -1.85. The van der Waals surface area contributed by atoms with Gasteiger partial charge in [0.25, 0.3) is 0 Å². The standard InChI is InChI=1S/C22H23ClF2O7/c1-10(26)21-9-31-22(32-21,20(29)18(27)19(21)28)13-4-5-14(23)12(8-13)7-11-3-6-15(30-2)17(25)16(11)24/h3-6,8,10,18-20,26-29H,7,9H2,1-2H3/t10?,18-,19-,20+,21+,22-/m0/s1. The third-order valence-corrected chi connectivity index (χ3v) is 6.64. The zero-order valence-electron chi connectivity index (χ0n) is 17.3. The fraction of sp³-hybridized carbons (Fsp3) is 0.455. The number of halogens is 3. The van der Waals surface area contributed by atoms with Crippen molar-refractivity contribution < 1.29 is 43.4 Å². The highest BCUT2D eigenvalue weighted by Gasteiger charge is 2.68. The average Bonchev–Trinajstić information content (AvgIpc) is 3.17. The van der Waals surface area contributed by atoms with Gasteiger partial charge in [-0.25, -0.2) is 4.39 Å². The second kappa shape index (κ2) is 8.18. The smallest absolute Gasteiger partial charge is 0.225 e. The van der Waals surface area contributed by atoms with Crippen LogP contribution in [0.5, 0.6) is 5.75 Å². The molecule has 2 aliphatic heterocycles. The molecule has 2 saturated heterocycles. The Balaban J connectivity index is 1.74. The number of fused-ring (bicyclic) bond motifs is 2. The van der Waals surface area contributed by atoms with E-state index in [4.69, 9.17) is 25.8 Å². The molecular formula is C22H23ClF2O7. The number of aliphatic hydroxyl groups excluding tert-OH is 4. The van der Waals surface area contributed by atoms with Crippen LogP contribution in [0.2, 0.25) is 5.02 Å². The van der Waals surface area contributed by atoms with Crippen molar-refractivity contribution in [1.29, 1.82) is 0 Å². The lowest BCUT2D eigenvalue weighted by atomic mass is 9.81. The van der Waals surface area contributed by atoms with Crippen molar-refractivity contribution in [3.63, 3.8) is 0 Å². The molecule has 10 heteroatoms. The van der Waals surface area contributed by atoms with Crippen LogP contribution in [0.4, 0.5) is 8.78 Å². The van der Waals surface area contributed by atoms with Gasteiger partial charge in [-0.1, -0.05) is 23.7 Å². The molecule has 0 aliphatic carbocycles. The Morgan fingerprint density at radius 3 is 2.50 bits per heavy atom. The van der Waals surface area contributed by atoms with Crippen molar-refractivity contribution in [2.45, 2.75) is 49.1 Å². The van der Waals surface area contributed by atoms with E-state index in [-0.39, 0.29) is 34.9 Å². The highest BCUT2D eigenvalue weighted by atomic mass is 35.5. The minimum absolute atomic E-state index is 0.0195. The Morgan fingerprint density at radius 2 is 1.84 bits per heavy atom. The largest absolute Gasteiger partial charge is 0.494 e. The fourth-order valence-corrected chi connectivity index (χ4v) is 4.49. The van der Waals surface area contributed by atoms with Gasteiger partial charge >= 0.3 is 0 Å². The third kappa shape index (κ3) is 3.31. The van der Waals surface area contributed by atoms with Crippen molar-refractivity contribution in [3.05, 3.63) is 63.7 Å². The van der Waals surface area contributed by atoms with E-state index in [0.717, 1.165) is 0 Å². The maximum absolute atomic E-state index is 14.5. The van der Waals surface area contributed by atoms with Crippen molar-refractivity contribution in [1.82, 2.24) is 0 Å². The summed E-state index contributed by atoms with van der Waals surface area (Å²) in [4.78, 5) is 0. The summed E-state index contributed by atoms with van der Waals surface area (Å²) < 4.78 is 45.0. The minimum atomic E-state index is -1.90. The van der Waals surface area contributed by atoms with Gasteiger partial charge in [0.2, 0.25) is 11.6 Å². The van der Waals surface area contributed by atoms with E-state index in [9.17, 15) is 29.2 Å². The maximum atomic E-state index is 14.5. The van der Waals surface area contributed by atoms with Crippen LogP contribution in [0.3, 0.4) is 0 Å². The van der Waals surface area contributed by atoms with Crippen molar-refractivity contribution in [2.24, 2.45) is 0 Å². The SMILES string of the molecule is COc1ccc(Cc2cc([C@]34OC[C@](C(C)O)(O3)[C@@H](O)[C@H](O)[C@H]4O)ccc2Cl)c(F)c1F. The molecule has 32 heavy (non-hydrogen) atoms. The highest BCUT2D eigenvalue weighted by Crippen LogP contribution is 2.51. The first kappa shape index (κ1) is 23.3. The lowest BCUT2D eigenvalue weighted by Gasteiger charge is -2.47. The molecule has 4 rings (SSSR count). The molecule has 2 aromatic carbocycles. The normalized spacial score (nSPS) is 32.7. The molecule has 0 aromatic heterocycles. The molecule has 0 amide bonds. The number of aliphatic hydroxyl groups is 4. The molecule has 2 bridgehead atoms. The van der Waals surface area contributed by atoms with E-state index < -0.39 is 47.4 Å². The predicted molar refractivity (Wildman–Crippen MR) is 108 cm³/mol. The lowest BCUT2D eigenvalue weighted by molar-refractivity contribution is -0.336. The van der Waals surface area contributed by atoms with Crippen LogP contribution in [0.1, 0.15) is 23.6 Å². The maximum Gasteiger partial charge on any atom is 0.225 e. The van der Waals surface area contributed by atoms with E-state index in [1.54, 1.807) is 0 Å². The van der Waals surface area contributed by atoms with Crippen LogP contribution in [0.25, 0.3) is 0 Å². The summed E-state index contributed by atoms with van der Waals surface area (Å²) >= 11 is 6.29. The number of ether oxygens (including phenoxy) is 3. The molecule has 0 saturated carbocycles. The van der Waals surface area contributed by atoms with Gasteiger partial charge in [-0.15, -0.1) is 0 Å². The summed E-state index contributed by atoms with van der Waals surface area (Å²) in [5.41, 5.74) is -1.04. The molecule has 1 unspecified atom stereocenters. The van der Waals surface area contributed by atoms with Gasteiger partial charge in [0, 0.05) is 17.0 Å². The average molecular weight is 473 g/mol. The summed E-state index contributed by atoms with van der Waals surface area (Å²) in [5, 5.41) is 42.1. The molecule has 4 N–H and O–H groups in total. The number of hydrogen-bond acceptors (Lipinski definition) is 7. The molecule has 2 aliphatic rings. The first-order valence-corrected chi connectivity index (χ1v) is 10.3. The topological polar surface area (TPSA) is 109 Å². The molecule has 2 aromatic rings. The van der Waals surface area contributed by atoms with Crippen LogP contribution in [0.15, 0.2) is 30.3 Å². The van der Waals surface area contributed by atoms with Crippen molar-refractivity contribution in [3.8, 4) is 5.75 Å². The first-order chi connectivity index (χ1) is 15.1. The van der Waals surface area contributed by atoms with Crippen molar-refractivity contribution in [2.75, 3.05) is 13.7 Å². The molecule has 174 valence electrons. The van der Waals surface area contributed by atoms with Crippen molar-refractivity contribution >= 4 is 11.6 Å². The van der Waals surface area contributed by atoms with Crippen LogP contribution < -0.4 is 4.74 Å². The molecule has 2 heterocycles. The van der Waals surface area contributed by atoms with Gasteiger partial charge in [0.15, 0.2) is 11.6 Å². The number of benzene rings is 2. The highest BCUT2D eigenvalue weighted by molar-refractivity contribution is 6.31. The Kier molecular flexibility index (Phi) is 5.96. The van der Waals surface area contributed by atoms with E-state index in [1.165, 1.54) is 44.4 Å². The van der Waals surface area contributed by atoms with Crippen LogP contribution in [0, 0.1) is 11.6 Å². The predicted octanol–water partition coefficient (Wildman–Crippen LogP) is 1.63. The van der Waals surface area contributed by atoms with Gasteiger partial charge in [0.1, 0.15) is 23.9 Å². The second-order valence-electron chi connectivity index (χ2n) is 8.11. The second-order valence-corrected chi connectivity index (χ2v) is 8.51. The summed E-state index contributed by atoms with van der Waals surface area (Å²) in [5.74, 6) is -4.34. The number of hydrogen-bond donors (Lipinski definition) is 4. The monoisotopic (exact) mass is 472 g/mol. The van der Waals surface area contributed by atoms with Gasteiger partial charge < -0.3 is 34.6 Å². The van der Waals surface area contributed by atoms with Crippen LogP contribution in [-0.4, -0.2) is 64.2 Å². The molecule has 6 atom stereocenters. The summed E-state index contributed by atoms with van der Waals surface area (Å²) in [6.45, 7) is 1.08. The van der Waals surface area contributed by atoms with Gasteiger partial charge in [0.05, 0.1) is 19.8 Å².